The lowest BCUT2D eigenvalue weighted by molar-refractivity contribution is 0.578. The van der Waals surface area contributed by atoms with Crippen molar-refractivity contribution in [2.75, 3.05) is 52.4 Å². The van der Waals surface area contributed by atoms with Crippen molar-refractivity contribution in [3.8, 4) is 45.6 Å². The van der Waals surface area contributed by atoms with Crippen LogP contribution in [0.15, 0.2) is 87.7 Å². The maximum Gasteiger partial charge on any atom is 0.241 e. The van der Waals surface area contributed by atoms with E-state index in [1.54, 1.807) is 0 Å². The molecule has 0 unspecified atom stereocenters. The van der Waals surface area contributed by atoms with E-state index in [0.29, 0.717) is 0 Å². The highest BCUT2D eigenvalue weighted by Crippen LogP contribution is 2.45. The molecule has 5 heterocycles. The molecule has 2 aliphatic heterocycles. The van der Waals surface area contributed by atoms with Crippen LogP contribution in [0.3, 0.4) is 0 Å². The van der Waals surface area contributed by atoms with Crippen molar-refractivity contribution < 1.29 is 67.3 Å². The minimum atomic E-state index is -4.85. The predicted molar refractivity (Wildman–Crippen MR) is 323 cm³/mol. The van der Waals surface area contributed by atoms with Gasteiger partial charge in [0.25, 0.3) is 0 Å². The summed E-state index contributed by atoms with van der Waals surface area (Å²) in [7, 11) is -37.9. The monoisotopic (exact) mass is 1370 g/mol. The molecule has 0 amide bonds. The molecule has 0 saturated heterocycles. The number of nitrogens with one attached hydrogen (secondary N) is 10. The Kier molecular flexibility index (Phi) is 18.0. The fourth-order valence-corrected chi connectivity index (χ4v) is 19.5. The van der Waals surface area contributed by atoms with Crippen LogP contribution in [0.2, 0.25) is 0 Å². The van der Waals surface area contributed by atoms with Crippen LogP contribution in [0.5, 0.6) is 0 Å². The second-order valence-electron chi connectivity index (χ2n) is 19.0. The molecule has 0 aliphatic carbocycles. The van der Waals surface area contributed by atoms with Crippen LogP contribution >= 0.6 is 0 Å². The Morgan fingerprint density at radius 2 is 0.523 bits per heavy atom. The second kappa shape index (κ2) is 24.0. The second-order valence-corrected chi connectivity index (χ2v) is 33.0. The first kappa shape index (κ1) is 66.0. The highest BCUT2D eigenvalue weighted by atomic mass is 32.2. The Bertz CT molecular complexity index is 4910. The summed E-state index contributed by atoms with van der Waals surface area (Å²) in [6, 6.07) is 7.18. The molecule has 0 spiro atoms. The lowest BCUT2D eigenvalue weighted by Gasteiger charge is -2.13. The first-order valence-corrected chi connectivity index (χ1v) is 38.6. The smallest absolute Gasteiger partial charge is 0.241 e. The third kappa shape index (κ3) is 12.1. The Morgan fingerprint density at radius 3 is 0.807 bits per heavy atom. The normalized spacial score (nSPS) is 13.5. The van der Waals surface area contributed by atoms with Crippen LogP contribution < -0.4 is 37.8 Å². The number of hydrogen-bond acceptors (Lipinski definition) is 22. The van der Waals surface area contributed by atoms with Gasteiger partial charge in [-0.05, 0) is 48.5 Å². The molecule has 10 N–H and O–H groups in total. The van der Waals surface area contributed by atoms with Crippen molar-refractivity contribution in [2.24, 2.45) is 0 Å². The van der Waals surface area contributed by atoms with E-state index in [1.807, 2.05) is 0 Å². The molecule has 9 rings (SSSR count). The minimum Gasteiger partial charge on any atom is -0.324 e. The van der Waals surface area contributed by atoms with Gasteiger partial charge in [0.2, 0.25) is 80.2 Å². The fourth-order valence-electron chi connectivity index (χ4n) is 9.69. The number of H-pyrrole nitrogens is 2. The molecule has 474 valence electrons. The van der Waals surface area contributed by atoms with Gasteiger partial charge in [-0.1, -0.05) is 55.4 Å². The van der Waals surface area contributed by atoms with E-state index < -0.39 is 198 Å². The highest BCUT2D eigenvalue weighted by molar-refractivity contribution is 7.92. The number of aromatic nitrogens is 8. The molecule has 2 aliphatic rings. The van der Waals surface area contributed by atoms with Gasteiger partial charge in [0.15, 0.2) is 23.3 Å². The summed E-state index contributed by atoms with van der Waals surface area (Å²) in [5.41, 5.74) is -3.96. The average molecular weight is 1370 g/mol. The number of benzene rings is 4. The number of fused-ring (bicyclic) bond motifs is 20. The quantitative estimate of drug-likeness (QED) is 0.0407. The van der Waals surface area contributed by atoms with Crippen molar-refractivity contribution >= 4 is 124 Å². The molecule has 0 saturated carbocycles. The van der Waals surface area contributed by atoms with Gasteiger partial charge >= 0.3 is 0 Å². The molecule has 0 atom stereocenters. The fraction of sp³-hybridized carbons (Fsp3) is 0.333. The Balaban J connectivity index is 1.68. The summed E-state index contributed by atoms with van der Waals surface area (Å²) < 4.78 is 247. The molecule has 0 radical (unpaired) electrons. The summed E-state index contributed by atoms with van der Waals surface area (Å²) in [6.07, 6.45) is 0. The van der Waals surface area contributed by atoms with Crippen LogP contribution in [-0.4, -0.2) is 160 Å². The standard InChI is InChI=1S/C48H58N16O16S8/c1-9-49-81(65,66)25-17-29-37(33(21-25)85(73,74)53-13-5)45-59-41(29)57-42-30-18-26(82(67,68)50-10-2)22-34(86(75,76)54-14-6)38(30)47(60-42)64-48-40-32(20-28(84(71,72)52-12-4)24-36(40)88(79,80)56-16-8)44(62-48)58-43-31-19-27(83(69,70)51-11-3)23-35(87(77,78)55-15-7)39(31)46(61-43)63-45/h17-24,49-56H,9-16H2,1-8H3,(H2,57,58,59,60,61,62,63,64). The maximum atomic E-state index is 14.6. The van der Waals surface area contributed by atoms with Crippen molar-refractivity contribution in [3.63, 3.8) is 0 Å². The summed E-state index contributed by atoms with van der Waals surface area (Å²) in [6.45, 7) is 9.67. The van der Waals surface area contributed by atoms with Gasteiger partial charge in [0.1, 0.15) is 22.6 Å². The van der Waals surface area contributed by atoms with Gasteiger partial charge in [-0.2, -0.15) is 0 Å². The summed E-state index contributed by atoms with van der Waals surface area (Å²) in [4.78, 5) is 28.2. The molecule has 40 heteroatoms. The van der Waals surface area contributed by atoms with E-state index >= 15 is 0 Å². The molecular weight excluding hydrogens is 1310 g/mol. The zero-order chi connectivity index (χ0) is 64.5. The number of aromatic amines is 2. The molecule has 7 aromatic rings. The van der Waals surface area contributed by atoms with E-state index in [1.165, 1.54) is 55.4 Å². The van der Waals surface area contributed by atoms with Gasteiger partial charge in [-0.3, -0.25) is 0 Å². The van der Waals surface area contributed by atoms with Crippen LogP contribution in [-0.2, 0) is 80.2 Å². The summed E-state index contributed by atoms with van der Waals surface area (Å²) in [5, 5.41) is -1.67. The molecule has 8 bridgehead atoms. The lowest BCUT2D eigenvalue weighted by atomic mass is 10.1. The van der Waals surface area contributed by atoms with Gasteiger partial charge in [-0.25, -0.2) is 135 Å². The van der Waals surface area contributed by atoms with E-state index in [2.05, 4.69) is 57.7 Å². The van der Waals surface area contributed by atoms with Crippen molar-refractivity contribution in [2.45, 2.75) is 94.6 Å². The topological polar surface area (TPSA) is 478 Å². The Hall–Kier alpha value is -6.48. The molecule has 32 nitrogen and oxygen atoms in total. The Labute approximate surface area is 506 Å². The predicted octanol–water partition coefficient (Wildman–Crippen LogP) is 1.25. The average Bonchev–Trinajstić information content (AvgIpc) is 1.59. The van der Waals surface area contributed by atoms with Crippen LogP contribution in [0.1, 0.15) is 55.4 Å². The highest BCUT2D eigenvalue weighted by Gasteiger charge is 2.37. The maximum absolute atomic E-state index is 14.6. The van der Waals surface area contributed by atoms with Crippen LogP contribution in [0.25, 0.3) is 89.7 Å². The molecule has 88 heavy (non-hydrogen) atoms. The molecule has 0 fully saturated rings. The van der Waals surface area contributed by atoms with E-state index in [-0.39, 0.29) is 63.1 Å². The minimum absolute atomic E-state index is 0.193. The number of sulfonamides is 8. The van der Waals surface area contributed by atoms with E-state index in [9.17, 15) is 67.3 Å². The van der Waals surface area contributed by atoms with E-state index in [4.69, 9.17) is 19.9 Å². The van der Waals surface area contributed by atoms with Crippen LogP contribution in [0.4, 0.5) is 0 Å². The third-order valence-electron chi connectivity index (χ3n) is 13.1. The van der Waals surface area contributed by atoms with Gasteiger partial charge in [0.05, 0.1) is 50.3 Å². The van der Waals surface area contributed by atoms with Gasteiger partial charge in [-0.15, -0.1) is 0 Å². The van der Waals surface area contributed by atoms with Crippen molar-refractivity contribution in [1.29, 1.82) is 0 Å². The van der Waals surface area contributed by atoms with Crippen molar-refractivity contribution in [1.82, 2.24) is 77.6 Å². The zero-order valence-electron chi connectivity index (χ0n) is 47.8. The largest absolute Gasteiger partial charge is 0.324 e. The van der Waals surface area contributed by atoms with Crippen molar-refractivity contribution in [3.05, 3.63) is 48.5 Å². The lowest BCUT2D eigenvalue weighted by Crippen LogP contribution is -2.26. The van der Waals surface area contributed by atoms with E-state index in [0.717, 1.165) is 48.5 Å². The number of hydrogen-bond donors (Lipinski definition) is 10. The molecular formula is C48H58N16O16S8. The third-order valence-corrected chi connectivity index (χ3v) is 25.4. The van der Waals surface area contributed by atoms with Gasteiger partial charge in [0, 0.05) is 85.0 Å². The summed E-state index contributed by atoms with van der Waals surface area (Å²) >= 11 is 0. The van der Waals surface area contributed by atoms with Crippen LogP contribution in [0, 0.1) is 0 Å². The summed E-state index contributed by atoms with van der Waals surface area (Å²) in [5.74, 6) is -2.53. The first-order chi connectivity index (χ1) is 41.2. The molecule has 3 aromatic heterocycles. The SMILES string of the molecule is CCNS(=O)(=O)c1cc2c(c(S(=O)(=O)NCC)c1)-c1nc-2nc2[nH]c(nc3nc(nc4[nH]c(n1)c1c(S(=O)(=O)NCC)cc(S(=O)(=O)NCC)cc41)-c1cc(S(=O)(=O)NCC)cc(S(=O)(=O)NCC)c1-3)c1c(S(=O)(=O)NCC)cc(S(=O)(=O)NCC)cc21. The molecule has 4 aromatic carbocycles. The number of rotatable bonds is 24. The Morgan fingerprint density at radius 1 is 0.284 bits per heavy atom. The number of nitrogens with zero attached hydrogens (tertiary/aromatic N) is 6. The van der Waals surface area contributed by atoms with Gasteiger partial charge < -0.3 is 9.97 Å². The first-order valence-electron chi connectivity index (χ1n) is 26.7. The zero-order valence-corrected chi connectivity index (χ0v) is 54.3.